The molecule has 0 spiro atoms. The van der Waals surface area contributed by atoms with Gasteiger partial charge in [-0.25, -0.2) is 0 Å². The molecule has 0 aliphatic rings. The van der Waals surface area contributed by atoms with Crippen LogP contribution in [0.3, 0.4) is 0 Å². The Bertz CT molecular complexity index is 375. The quantitative estimate of drug-likeness (QED) is 0.525. The van der Waals surface area contributed by atoms with Crippen LogP contribution in [0.15, 0.2) is 24.3 Å². The molecule has 0 saturated heterocycles. The highest BCUT2D eigenvalue weighted by atomic mass is 127. The van der Waals surface area contributed by atoms with Gasteiger partial charge in [-0.05, 0) is 44.7 Å². The summed E-state index contributed by atoms with van der Waals surface area (Å²) in [5, 5.41) is 0. The van der Waals surface area contributed by atoms with Gasteiger partial charge in [0.1, 0.15) is 0 Å². The second-order valence-electron chi connectivity index (χ2n) is 6.36. The highest BCUT2D eigenvalue weighted by Gasteiger charge is 2.31. The summed E-state index contributed by atoms with van der Waals surface area (Å²) in [4.78, 5) is 0. The maximum Gasteiger partial charge on any atom is 0.0999 e. The average Bonchev–Trinajstić information content (AvgIpc) is 2.27. The lowest BCUT2D eigenvalue weighted by atomic mass is 9.93. The fourth-order valence-electron chi connectivity index (χ4n) is 2.06. The van der Waals surface area contributed by atoms with Gasteiger partial charge < -0.3 is 4.74 Å². The van der Waals surface area contributed by atoms with E-state index in [2.05, 4.69) is 88.4 Å². The summed E-state index contributed by atoms with van der Waals surface area (Å²) in [6, 6.07) is 8.85. The smallest absolute Gasteiger partial charge is 0.0999 e. The van der Waals surface area contributed by atoms with Gasteiger partial charge in [0.2, 0.25) is 0 Å². The van der Waals surface area contributed by atoms with E-state index < -0.39 is 0 Å². The third-order valence-corrected chi connectivity index (χ3v) is 4.43. The van der Waals surface area contributed by atoms with Crippen molar-refractivity contribution in [2.45, 2.75) is 58.7 Å². The molecule has 102 valence electrons. The molecule has 2 heteroatoms. The third-order valence-electron chi connectivity index (χ3n) is 2.97. The van der Waals surface area contributed by atoms with E-state index in [0.29, 0.717) is 5.92 Å². The predicted molar refractivity (Wildman–Crippen MR) is 87.6 cm³/mol. The zero-order chi connectivity index (χ0) is 14.0. The summed E-state index contributed by atoms with van der Waals surface area (Å²) in [5.74, 6) is 0.577. The first-order valence-electron chi connectivity index (χ1n) is 6.54. The Balaban J connectivity index is 3.01. The standard InChI is InChI=1S/C16H25IO/c1-12(2)13-7-9-14(10-8-13)16(6,11-17)18-15(3,4)5/h7-10,12H,11H2,1-6H3. The molecular formula is C16H25IO. The molecule has 0 saturated carbocycles. The zero-order valence-corrected chi connectivity index (χ0v) is 14.5. The molecule has 1 aromatic rings. The van der Waals surface area contributed by atoms with Crippen molar-refractivity contribution in [2.24, 2.45) is 0 Å². The molecule has 1 unspecified atom stereocenters. The topological polar surface area (TPSA) is 9.23 Å². The molecule has 1 nitrogen and oxygen atoms in total. The monoisotopic (exact) mass is 360 g/mol. The molecule has 0 radical (unpaired) electrons. The van der Waals surface area contributed by atoms with Crippen molar-refractivity contribution in [1.82, 2.24) is 0 Å². The van der Waals surface area contributed by atoms with Gasteiger partial charge in [-0.1, -0.05) is 60.7 Å². The average molecular weight is 360 g/mol. The first-order valence-corrected chi connectivity index (χ1v) is 8.07. The molecule has 18 heavy (non-hydrogen) atoms. The highest BCUT2D eigenvalue weighted by molar-refractivity contribution is 14.1. The molecule has 0 aromatic heterocycles. The Hall–Kier alpha value is -0.0900. The Morgan fingerprint density at radius 2 is 1.56 bits per heavy atom. The minimum absolute atomic E-state index is 0.128. The van der Waals surface area contributed by atoms with Crippen LogP contribution in [0, 0.1) is 0 Å². The summed E-state index contributed by atoms with van der Waals surface area (Å²) in [5.41, 5.74) is 2.30. The van der Waals surface area contributed by atoms with E-state index in [1.54, 1.807) is 0 Å². The third kappa shape index (κ3) is 4.23. The molecule has 0 heterocycles. The Morgan fingerprint density at radius 1 is 1.06 bits per heavy atom. The maximum absolute atomic E-state index is 6.25. The Morgan fingerprint density at radius 3 is 1.89 bits per heavy atom. The van der Waals surface area contributed by atoms with Gasteiger partial charge in [-0.15, -0.1) is 0 Å². The number of rotatable bonds is 4. The molecule has 1 aromatic carbocycles. The molecule has 1 atom stereocenters. The summed E-state index contributed by atoms with van der Waals surface area (Å²) in [6.45, 7) is 12.9. The van der Waals surface area contributed by atoms with Crippen LogP contribution in [0.5, 0.6) is 0 Å². The van der Waals surface area contributed by atoms with Gasteiger partial charge in [0.25, 0.3) is 0 Å². The van der Waals surface area contributed by atoms with Crippen LogP contribution >= 0.6 is 22.6 Å². The van der Waals surface area contributed by atoms with E-state index in [1.807, 2.05) is 0 Å². The second kappa shape index (κ2) is 5.91. The van der Waals surface area contributed by atoms with Gasteiger partial charge in [0.15, 0.2) is 0 Å². The minimum atomic E-state index is -0.214. The minimum Gasteiger partial charge on any atom is -0.364 e. The van der Waals surface area contributed by atoms with E-state index in [9.17, 15) is 0 Å². The molecule has 0 aliphatic carbocycles. The summed E-state index contributed by atoms with van der Waals surface area (Å²) in [6.07, 6.45) is 0. The number of hydrogen-bond acceptors (Lipinski definition) is 1. The van der Waals surface area contributed by atoms with E-state index in [0.717, 1.165) is 4.43 Å². The van der Waals surface area contributed by atoms with Crippen molar-refractivity contribution in [2.75, 3.05) is 4.43 Å². The Kier molecular flexibility index (Phi) is 5.24. The van der Waals surface area contributed by atoms with E-state index >= 15 is 0 Å². The number of hydrogen-bond donors (Lipinski definition) is 0. The Labute approximate surface area is 125 Å². The van der Waals surface area contributed by atoms with Crippen LogP contribution in [0.25, 0.3) is 0 Å². The number of halogens is 1. The van der Waals surface area contributed by atoms with Crippen molar-refractivity contribution < 1.29 is 4.74 Å². The molecule has 1 rings (SSSR count). The highest BCUT2D eigenvalue weighted by Crippen LogP contribution is 2.33. The summed E-state index contributed by atoms with van der Waals surface area (Å²) < 4.78 is 7.20. The van der Waals surface area contributed by atoms with Gasteiger partial charge in [-0.3, -0.25) is 0 Å². The molecule has 0 amide bonds. The van der Waals surface area contributed by atoms with Gasteiger partial charge >= 0.3 is 0 Å². The summed E-state index contributed by atoms with van der Waals surface area (Å²) >= 11 is 2.41. The SMILES string of the molecule is CC(C)c1ccc(C(C)(CI)OC(C)(C)C)cc1. The molecule has 0 bridgehead atoms. The maximum atomic E-state index is 6.25. The second-order valence-corrected chi connectivity index (χ2v) is 7.12. The fourth-order valence-corrected chi connectivity index (χ4v) is 2.66. The van der Waals surface area contributed by atoms with Crippen LogP contribution in [0.4, 0.5) is 0 Å². The first-order chi connectivity index (χ1) is 8.18. The van der Waals surface area contributed by atoms with Crippen molar-refractivity contribution in [3.63, 3.8) is 0 Å². The zero-order valence-electron chi connectivity index (χ0n) is 12.4. The predicted octanol–water partition coefficient (Wildman–Crippen LogP) is 5.28. The van der Waals surface area contributed by atoms with Crippen LogP contribution in [0.1, 0.15) is 58.6 Å². The van der Waals surface area contributed by atoms with Gasteiger partial charge in [-0.2, -0.15) is 0 Å². The lowest BCUT2D eigenvalue weighted by Crippen LogP contribution is -2.36. The van der Waals surface area contributed by atoms with E-state index in [-0.39, 0.29) is 11.2 Å². The molecule has 0 aliphatic heterocycles. The van der Waals surface area contributed by atoms with Crippen molar-refractivity contribution in [3.05, 3.63) is 35.4 Å². The van der Waals surface area contributed by atoms with Crippen LogP contribution in [-0.2, 0) is 10.3 Å². The number of alkyl halides is 1. The van der Waals surface area contributed by atoms with Crippen molar-refractivity contribution in [1.29, 1.82) is 0 Å². The van der Waals surface area contributed by atoms with Crippen molar-refractivity contribution in [3.8, 4) is 0 Å². The number of benzene rings is 1. The number of ether oxygens (including phenoxy) is 1. The van der Waals surface area contributed by atoms with Crippen molar-refractivity contribution >= 4 is 22.6 Å². The molecule has 0 fully saturated rings. The molecule has 0 N–H and O–H groups in total. The largest absolute Gasteiger partial charge is 0.364 e. The summed E-state index contributed by atoms with van der Waals surface area (Å²) in [7, 11) is 0. The van der Waals surface area contributed by atoms with Crippen LogP contribution in [-0.4, -0.2) is 10.0 Å². The lowest BCUT2D eigenvalue weighted by molar-refractivity contribution is -0.112. The van der Waals surface area contributed by atoms with E-state index in [4.69, 9.17) is 4.74 Å². The van der Waals surface area contributed by atoms with Gasteiger partial charge in [0, 0.05) is 4.43 Å². The van der Waals surface area contributed by atoms with E-state index in [1.165, 1.54) is 11.1 Å². The molecular weight excluding hydrogens is 335 g/mol. The van der Waals surface area contributed by atoms with Crippen LogP contribution < -0.4 is 0 Å². The lowest BCUT2D eigenvalue weighted by Gasteiger charge is -2.36. The fraction of sp³-hybridized carbons (Fsp3) is 0.625. The van der Waals surface area contributed by atoms with Gasteiger partial charge in [0.05, 0.1) is 11.2 Å². The first kappa shape index (κ1) is 16.0. The normalized spacial score (nSPS) is 15.8. The van der Waals surface area contributed by atoms with Crippen LogP contribution in [0.2, 0.25) is 0 Å².